The summed E-state index contributed by atoms with van der Waals surface area (Å²) < 4.78 is 27.2. The van der Waals surface area contributed by atoms with Crippen LogP contribution in [0.2, 0.25) is 0 Å². The molecular formula is C12H15BrF2N2O2. The highest BCUT2D eigenvalue weighted by atomic mass is 79.9. The number of halogens is 3. The van der Waals surface area contributed by atoms with Crippen molar-refractivity contribution in [2.45, 2.75) is 25.9 Å². The molecular weight excluding hydrogens is 322 g/mol. The smallest absolute Gasteiger partial charge is 0.315 e. The van der Waals surface area contributed by atoms with Crippen molar-refractivity contribution in [3.05, 3.63) is 33.8 Å². The third-order valence-corrected chi connectivity index (χ3v) is 3.04. The van der Waals surface area contributed by atoms with Crippen molar-refractivity contribution in [2.24, 2.45) is 0 Å². The van der Waals surface area contributed by atoms with E-state index in [2.05, 4.69) is 26.6 Å². The lowest BCUT2D eigenvalue weighted by Gasteiger charge is -2.15. The number of rotatable bonds is 5. The summed E-state index contributed by atoms with van der Waals surface area (Å²) in [6, 6.07) is 1.29. The van der Waals surface area contributed by atoms with Crippen LogP contribution in [-0.2, 0) is 6.54 Å². The van der Waals surface area contributed by atoms with Crippen LogP contribution in [0.1, 0.15) is 18.9 Å². The molecule has 19 heavy (non-hydrogen) atoms. The molecule has 3 N–H and O–H groups in total. The zero-order valence-corrected chi connectivity index (χ0v) is 11.9. The van der Waals surface area contributed by atoms with Crippen molar-refractivity contribution < 1.29 is 18.7 Å². The molecule has 0 aliphatic heterocycles. The molecule has 0 saturated carbocycles. The first kappa shape index (κ1) is 15.8. The van der Waals surface area contributed by atoms with Crippen LogP contribution >= 0.6 is 15.9 Å². The number of carbonyl (C=O) groups excluding carboxylic acids is 1. The first-order valence-corrected chi connectivity index (χ1v) is 6.55. The molecule has 0 saturated heterocycles. The Bertz CT molecular complexity index is 430. The second-order valence-electron chi connectivity index (χ2n) is 3.96. The second kappa shape index (κ2) is 7.40. The third kappa shape index (κ3) is 4.76. The van der Waals surface area contributed by atoms with Crippen LogP contribution in [0.25, 0.3) is 0 Å². The lowest BCUT2D eigenvalue weighted by atomic mass is 10.2. The van der Waals surface area contributed by atoms with Gasteiger partial charge in [-0.15, -0.1) is 0 Å². The van der Waals surface area contributed by atoms with Gasteiger partial charge in [-0.05, 0) is 18.6 Å². The summed E-state index contributed by atoms with van der Waals surface area (Å²) in [7, 11) is 0. The minimum Gasteiger partial charge on any atom is -0.394 e. The number of carbonyl (C=O) groups is 1. The molecule has 0 spiro atoms. The summed E-state index contributed by atoms with van der Waals surface area (Å²) >= 11 is 2.97. The summed E-state index contributed by atoms with van der Waals surface area (Å²) in [5.41, 5.74) is -0.213. The monoisotopic (exact) mass is 336 g/mol. The molecule has 0 aromatic heterocycles. The van der Waals surface area contributed by atoms with E-state index >= 15 is 0 Å². The second-order valence-corrected chi connectivity index (χ2v) is 4.88. The number of aliphatic hydroxyl groups excluding tert-OH is 1. The lowest BCUT2D eigenvalue weighted by molar-refractivity contribution is 0.214. The van der Waals surface area contributed by atoms with Gasteiger partial charge in [0, 0.05) is 10.0 Å². The lowest BCUT2D eigenvalue weighted by Crippen LogP contribution is -2.43. The minimum atomic E-state index is -0.735. The van der Waals surface area contributed by atoms with Gasteiger partial charge in [0.25, 0.3) is 0 Å². The van der Waals surface area contributed by atoms with E-state index in [1.54, 1.807) is 6.92 Å². The van der Waals surface area contributed by atoms with Crippen molar-refractivity contribution in [1.29, 1.82) is 0 Å². The molecule has 1 rings (SSSR count). The summed E-state index contributed by atoms with van der Waals surface area (Å²) in [5, 5.41) is 13.7. The highest BCUT2D eigenvalue weighted by molar-refractivity contribution is 9.10. The van der Waals surface area contributed by atoms with E-state index in [0.717, 1.165) is 12.1 Å². The zero-order chi connectivity index (χ0) is 14.4. The van der Waals surface area contributed by atoms with Crippen molar-refractivity contribution in [1.82, 2.24) is 10.6 Å². The number of nitrogens with one attached hydrogen (secondary N) is 2. The summed E-state index contributed by atoms with van der Waals surface area (Å²) in [4.78, 5) is 11.4. The van der Waals surface area contributed by atoms with E-state index in [9.17, 15) is 13.6 Å². The van der Waals surface area contributed by atoms with Crippen LogP contribution in [0.4, 0.5) is 13.6 Å². The Labute approximate surface area is 118 Å². The fourth-order valence-electron chi connectivity index (χ4n) is 1.42. The molecule has 7 heteroatoms. The van der Waals surface area contributed by atoms with E-state index in [0.29, 0.717) is 10.9 Å². The maximum Gasteiger partial charge on any atom is 0.315 e. The number of urea groups is 1. The normalized spacial score (nSPS) is 12.1. The van der Waals surface area contributed by atoms with Gasteiger partial charge in [-0.3, -0.25) is 0 Å². The Morgan fingerprint density at radius 3 is 2.47 bits per heavy atom. The van der Waals surface area contributed by atoms with Crippen molar-refractivity contribution in [3.8, 4) is 0 Å². The maximum atomic E-state index is 13.5. The number of hydrogen-bond acceptors (Lipinski definition) is 2. The van der Waals surface area contributed by atoms with Gasteiger partial charge in [0.2, 0.25) is 0 Å². The van der Waals surface area contributed by atoms with Crippen molar-refractivity contribution in [3.63, 3.8) is 0 Å². The fraction of sp³-hybridized carbons (Fsp3) is 0.417. The predicted octanol–water partition coefficient (Wildman–Crippen LogP) is 2.30. The molecule has 0 heterocycles. The topological polar surface area (TPSA) is 61.4 Å². The minimum absolute atomic E-state index is 0.190. The van der Waals surface area contributed by atoms with Gasteiger partial charge >= 0.3 is 6.03 Å². The molecule has 0 fully saturated rings. The van der Waals surface area contributed by atoms with Gasteiger partial charge in [0.15, 0.2) is 0 Å². The van der Waals surface area contributed by atoms with E-state index in [-0.39, 0.29) is 24.8 Å². The van der Waals surface area contributed by atoms with E-state index in [1.807, 2.05) is 0 Å². The number of hydrogen-bond donors (Lipinski definition) is 3. The molecule has 0 aliphatic carbocycles. The first-order chi connectivity index (χ1) is 8.97. The maximum absolute atomic E-state index is 13.5. The van der Waals surface area contributed by atoms with Crippen LogP contribution in [0.3, 0.4) is 0 Å². The predicted molar refractivity (Wildman–Crippen MR) is 70.6 cm³/mol. The molecule has 2 amide bonds. The molecule has 0 aliphatic rings. The highest BCUT2D eigenvalue weighted by Crippen LogP contribution is 2.19. The van der Waals surface area contributed by atoms with Crippen molar-refractivity contribution in [2.75, 3.05) is 6.61 Å². The zero-order valence-electron chi connectivity index (χ0n) is 10.3. The summed E-state index contributed by atoms with van der Waals surface area (Å²) in [6.07, 6.45) is 0.560. The highest BCUT2D eigenvalue weighted by Gasteiger charge is 2.13. The van der Waals surface area contributed by atoms with Crippen molar-refractivity contribution >= 4 is 22.0 Å². The Hall–Kier alpha value is -1.21. The van der Waals surface area contributed by atoms with E-state index in [1.165, 1.54) is 0 Å². The average molecular weight is 337 g/mol. The molecule has 1 atom stereocenters. The molecule has 0 bridgehead atoms. The van der Waals surface area contributed by atoms with Crippen LogP contribution in [0.15, 0.2) is 16.6 Å². The Balaban J connectivity index is 2.60. The molecule has 1 aromatic rings. The standard InChI is InChI=1S/C12H15BrF2N2O2/c1-2-8(6-18)17-12(19)16-5-9-10(14)3-7(13)4-11(9)15/h3-4,8,18H,2,5-6H2,1H3,(H2,16,17,19)/t8-/m1/s1. The van der Waals surface area contributed by atoms with Crippen LogP contribution in [0.5, 0.6) is 0 Å². The van der Waals surface area contributed by atoms with Gasteiger partial charge in [-0.25, -0.2) is 13.6 Å². The number of aliphatic hydroxyl groups is 1. The fourth-order valence-corrected chi connectivity index (χ4v) is 1.82. The van der Waals surface area contributed by atoms with Crippen LogP contribution in [0, 0.1) is 11.6 Å². The van der Waals surface area contributed by atoms with Gasteiger partial charge in [-0.2, -0.15) is 0 Å². The van der Waals surface area contributed by atoms with Gasteiger partial charge in [0.1, 0.15) is 11.6 Å². The van der Waals surface area contributed by atoms with E-state index < -0.39 is 17.7 Å². The Morgan fingerprint density at radius 2 is 2.00 bits per heavy atom. The Morgan fingerprint density at radius 1 is 1.42 bits per heavy atom. The van der Waals surface area contributed by atoms with Gasteiger partial charge in [0.05, 0.1) is 19.2 Å². The van der Waals surface area contributed by atoms with Gasteiger partial charge in [-0.1, -0.05) is 22.9 Å². The van der Waals surface area contributed by atoms with Gasteiger partial charge < -0.3 is 15.7 Å². The quantitative estimate of drug-likeness (QED) is 0.772. The van der Waals surface area contributed by atoms with Crippen LogP contribution < -0.4 is 10.6 Å². The number of benzene rings is 1. The SMILES string of the molecule is CC[C@H](CO)NC(=O)NCc1c(F)cc(Br)cc1F. The largest absolute Gasteiger partial charge is 0.394 e. The Kier molecular flexibility index (Phi) is 6.17. The first-order valence-electron chi connectivity index (χ1n) is 5.76. The van der Waals surface area contributed by atoms with E-state index in [4.69, 9.17) is 5.11 Å². The third-order valence-electron chi connectivity index (χ3n) is 2.58. The molecule has 106 valence electrons. The van der Waals surface area contributed by atoms with Crippen LogP contribution in [-0.4, -0.2) is 23.8 Å². The molecule has 1 aromatic carbocycles. The molecule has 0 unspecified atom stereocenters. The summed E-state index contributed by atoms with van der Waals surface area (Å²) in [6.45, 7) is 1.35. The number of amides is 2. The average Bonchev–Trinajstić information content (AvgIpc) is 2.34. The molecule has 4 nitrogen and oxygen atoms in total. The summed E-state index contributed by atoms with van der Waals surface area (Å²) in [5.74, 6) is -1.47. The molecule has 0 radical (unpaired) electrons.